The fraction of sp³-hybridized carbons (Fsp3) is 0.158. The maximum Gasteiger partial charge on any atom is 0.248 e. The summed E-state index contributed by atoms with van der Waals surface area (Å²) < 4.78 is 12.9. The van der Waals surface area contributed by atoms with Crippen molar-refractivity contribution in [2.45, 2.75) is 6.54 Å². The molecule has 2 aromatic carbocycles. The van der Waals surface area contributed by atoms with Crippen LogP contribution in [0.4, 0.5) is 10.1 Å². The van der Waals surface area contributed by atoms with Gasteiger partial charge < -0.3 is 16.0 Å². The standard InChI is InChI=1S/C19H20FN3O2/c1-23(2)12-15-7-6-14(19(21)25)11-17(15)22-18(24)10-5-13-3-8-16(20)9-4-13/h3-11H,12H2,1-2H3,(H2,21,25)(H,22,24). The molecular weight excluding hydrogens is 321 g/mol. The molecule has 0 aliphatic heterocycles. The van der Waals surface area contributed by atoms with Crippen molar-refractivity contribution < 1.29 is 14.0 Å². The van der Waals surface area contributed by atoms with Gasteiger partial charge in [-0.25, -0.2) is 4.39 Å². The first-order chi connectivity index (χ1) is 11.8. The number of carbonyl (C=O) groups excluding carboxylic acids is 2. The number of primary amides is 1. The van der Waals surface area contributed by atoms with E-state index in [0.29, 0.717) is 23.4 Å². The molecule has 6 heteroatoms. The van der Waals surface area contributed by atoms with Gasteiger partial charge in [-0.3, -0.25) is 9.59 Å². The van der Waals surface area contributed by atoms with Crippen LogP contribution in [0.25, 0.3) is 6.08 Å². The monoisotopic (exact) mass is 341 g/mol. The van der Waals surface area contributed by atoms with Gasteiger partial charge in [0.1, 0.15) is 5.82 Å². The van der Waals surface area contributed by atoms with Crippen molar-refractivity contribution in [2.75, 3.05) is 19.4 Å². The van der Waals surface area contributed by atoms with Crippen LogP contribution in [0.5, 0.6) is 0 Å². The molecule has 0 unspecified atom stereocenters. The third-order valence-corrected chi connectivity index (χ3v) is 3.44. The maximum atomic E-state index is 12.9. The molecular formula is C19H20FN3O2. The largest absolute Gasteiger partial charge is 0.366 e. The molecule has 0 spiro atoms. The van der Waals surface area contributed by atoms with Gasteiger partial charge in [0, 0.05) is 23.9 Å². The molecule has 2 aromatic rings. The molecule has 0 aromatic heterocycles. The number of nitrogens with zero attached hydrogens (tertiary/aromatic N) is 1. The Morgan fingerprint density at radius 2 is 1.84 bits per heavy atom. The van der Waals surface area contributed by atoms with Crippen LogP contribution in [0, 0.1) is 5.82 Å². The maximum absolute atomic E-state index is 12.9. The summed E-state index contributed by atoms with van der Waals surface area (Å²) in [5, 5.41) is 2.76. The predicted molar refractivity (Wildman–Crippen MR) is 96.4 cm³/mol. The predicted octanol–water partition coefficient (Wildman–Crippen LogP) is 2.64. The molecule has 0 aliphatic carbocycles. The Labute approximate surface area is 145 Å². The molecule has 2 rings (SSSR count). The van der Waals surface area contributed by atoms with E-state index in [2.05, 4.69) is 5.32 Å². The minimum absolute atomic E-state index is 0.320. The van der Waals surface area contributed by atoms with Gasteiger partial charge in [0.15, 0.2) is 0 Å². The molecule has 25 heavy (non-hydrogen) atoms. The van der Waals surface area contributed by atoms with Gasteiger partial charge in [-0.15, -0.1) is 0 Å². The fourth-order valence-electron chi connectivity index (χ4n) is 2.24. The van der Waals surface area contributed by atoms with Gasteiger partial charge in [-0.2, -0.15) is 0 Å². The molecule has 0 saturated carbocycles. The molecule has 5 nitrogen and oxygen atoms in total. The van der Waals surface area contributed by atoms with E-state index < -0.39 is 5.91 Å². The van der Waals surface area contributed by atoms with E-state index >= 15 is 0 Å². The van der Waals surface area contributed by atoms with Crippen LogP contribution in [-0.2, 0) is 11.3 Å². The highest BCUT2D eigenvalue weighted by atomic mass is 19.1. The Morgan fingerprint density at radius 1 is 1.16 bits per heavy atom. The number of hydrogen-bond donors (Lipinski definition) is 2. The summed E-state index contributed by atoms with van der Waals surface area (Å²) in [5.41, 5.74) is 7.72. The van der Waals surface area contributed by atoms with Crippen molar-refractivity contribution >= 4 is 23.6 Å². The fourth-order valence-corrected chi connectivity index (χ4v) is 2.24. The second kappa shape index (κ2) is 8.21. The molecule has 0 heterocycles. The average Bonchev–Trinajstić information content (AvgIpc) is 2.55. The average molecular weight is 341 g/mol. The van der Waals surface area contributed by atoms with E-state index in [1.165, 1.54) is 18.2 Å². The lowest BCUT2D eigenvalue weighted by molar-refractivity contribution is -0.111. The van der Waals surface area contributed by atoms with Crippen molar-refractivity contribution in [3.8, 4) is 0 Å². The molecule has 2 amide bonds. The van der Waals surface area contributed by atoms with E-state index in [1.54, 1.807) is 36.4 Å². The molecule has 0 atom stereocenters. The molecule has 130 valence electrons. The van der Waals surface area contributed by atoms with E-state index in [9.17, 15) is 14.0 Å². The summed E-state index contributed by atoms with van der Waals surface area (Å²) in [6.45, 7) is 0.594. The molecule has 0 fully saturated rings. The third kappa shape index (κ3) is 5.54. The Hall–Kier alpha value is -2.99. The normalized spacial score (nSPS) is 11.0. The zero-order valence-electron chi connectivity index (χ0n) is 14.1. The van der Waals surface area contributed by atoms with Crippen molar-refractivity contribution in [2.24, 2.45) is 5.73 Å². The summed E-state index contributed by atoms with van der Waals surface area (Å²) in [5.74, 6) is -1.25. The van der Waals surface area contributed by atoms with Crippen LogP contribution in [-0.4, -0.2) is 30.8 Å². The zero-order valence-corrected chi connectivity index (χ0v) is 14.1. The zero-order chi connectivity index (χ0) is 18.4. The summed E-state index contributed by atoms with van der Waals surface area (Å²) >= 11 is 0. The molecule has 0 saturated heterocycles. The lowest BCUT2D eigenvalue weighted by atomic mass is 10.1. The Bertz CT molecular complexity index is 799. The SMILES string of the molecule is CN(C)Cc1ccc(C(N)=O)cc1NC(=O)C=Cc1ccc(F)cc1. The number of hydrogen-bond acceptors (Lipinski definition) is 3. The third-order valence-electron chi connectivity index (χ3n) is 3.44. The van der Waals surface area contributed by atoms with Crippen molar-refractivity contribution in [1.82, 2.24) is 4.90 Å². The van der Waals surface area contributed by atoms with Crippen molar-refractivity contribution in [1.29, 1.82) is 0 Å². The number of halogens is 1. The second-order valence-corrected chi connectivity index (χ2v) is 5.85. The van der Waals surface area contributed by atoms with Crippen molar-refractivity contribution in [3.63, 3.8) is 0 Å². The van der Waals surface area contributed by atoms with E-state index in [4.69, 9.17) is 5.73 Å². The summed E-state index contributed by atoms with van der Waals surface area (Å²) in [6, 6.07) is 10.7. The number of carbonyl (C=O) groups is 2. The number of nitrogens with one attached hydrogen (secondary N) is 1. The molecule has 0 bridgehead atoms. The minimum Gasteiger partial charge on any atom is -0.366 e. The Morgan fingerprint density at radius 3 is 2.44 bits per heavy atom. The molecule has 0 aliphatic rings. The summed E-state index contributed by atoms with van der Waals surface area (Å²) in [7, 11) is 3.81. The van der Waals surface area contributed by atoms with Gasteiger partial charge in [0.05, 0.1) is 0 Å². The molecule has 3 N–H and O–H groups in total. The number of anilines is 1. The number of amides is 2. The van der Waals surface area contributed by atoms with Crippen LogP contribution < -0.4 is 11.1 Å². The van der Waals surface area contributed by atoms with E-state index in [1.807, 2.05) is 19.0 Å². The lowest BCUT2D eigenvalue weighted by Gasteiger charge is -2.15. The Balaban J connectivity index is 2.18. The minimum atomic E-state index is -0.561. The smallest absolute Gasteiger partial charge is 0.248 e. The highest BCUT2D eigenvalue weighted by Crippen LogP contribution is 2.19. The van der Waals surface area contributed by atoms with Crippen molar-refractivity contribution in [3.05, 3.63) is 71.0 Å². The summed E-state index contributed by atoms with van der Waals surface area (Å²) in [6.07, 6.45) is 2.93. The van der Waals surface area contributed by atoms with E-state index in [-0.39, 0.29) is 11.7 Å². The van der Waals surface area contributed by atoms with Crippen LogP contribution in [0.1, 0.15) is 21.5 Å². The quantitative estimate of drug-likeness (QED) is 0.793. The summed E-state index contributed by atoms with van der Waals surface area (Å²) in [4.78, 5) is 25.5. The van der Waals surface area contributed by atoms with Gasteiger partial charge in [-0.05, 0) is 55.6 Å². The number of benzene rings is 2. The second-order valence-electron chi connectivity index (χ2n) is 5.85. The van der Waals surface area contributed by atoms with Crippen LogP contribution in [0.3, 0.4) is 0 Å². The first-order valence-electron chi connectivity index (χ1n) is 7.67. The van der Waals surface area contributed by atoms with Crippen LogP contribution in [0.2, 0.25) is 0 Å². The highest BCUT2D eigenvalue weighted by Gasteiger charge is 2.10. The van der Waals surface area contributed by atoms with Crippen LogP contribution >= 0.6 is 0 Å². The number of rotatable bonds is 6. The highest BCUT2D eigenvalue weighted by molar-refractivity contribution is 6.03. The molecule has 0 radical (unpaired) electrons. The Kier molecular flexibility index (Phi) is 6.03. The number of nitrogens with two attached hydrogens (primary N) is 1. The van der Waals surface area contributed by atoms with Gasteiger partial charge in [0.2, 0.25) is 11.8 Å². The van der Waals surface area contributed by atoms with Gasteiger partial charge in [0.25, 0.3) is 0 Å². The lowest BCUT2D eigenvalue weighted by Crippen LogP contribution is -2.17. The topological polar surface area (TPSA) is 75.4 Å². The van der Waals surface area contributed by atoms with Gasteiger partial charge >= 0.3 is 0 Å². The van der Waals surface area contributed by atoms with E-state index in [0.717, 1.165) is 5.56 Å². The van der Waals surface area contributed by atoms with Crippen LogP contribution in [0.15, 0.2) is 48.5 Å². The van der Waals surface area contributed by atoms with Gasteiger partial charge in [-0.1, -0.05) is 18.2 Å². The first kappa shape index (κ1) is 18.4. The first-order valence-corrected chi connectivity index (χ1v) is 7.67.